The zero-order chi connectivity index (χ0) is 6.69. The van der Waals surface area contributed by atoms with E-state index >= 15 is 0 Å². The highest BCUT2D eigenvalue weighted by Crippen LogP contribution is 1.90. The van der Waals surface area contributed by atoms with Gasteiger partial charge in [-0.3, -0.25) is 0 Å². The average molecular weight is 137 g/mol. The maximum Gasteiger partial charge on any atom is 0.354 e. The van der Waals surface area contributed by atoms with Crippen LogP contribution in [0.3, 0.4) is 0 Å². The van der Waals surface area contributed by atoms with Gasteiger partial charge >= 0.3 is 5.97 Å². The highest BCUT2D eigenvalue weighted by molar-refractivity contribution is 5.85. The van der Waals surface area contributed by atoms with Crippen LogP contribution in [0.25, 0.3) is 0 Å². The minimum absolute atomic E-state index is 0. The van der Waals surface area contributed by atoms with E-state index in [1.54, 1.807) is 12.1 Å². The zero-order valence-electron chi connectivity index (χ0n) is 5.06. The highest BCUT2D eigenvalue weighted by atomic mass is 16.4. The van der Waals surface area contributed by atoms with Crippen molar-refractivity contribution in [2.45, 2.75) is 0 Å². The van der Waals surface area contributed by atoms with Crippen LogP contribution in [-0.4, -0.2) is 16.1 Å². The second kappa shape index (κ2) is 3.58. The van der Waals surface area contributed by atoms with Crippen molar-refractivity contribution in [3.63, 3.8) is 0 Å². The molecule has 1 rings (SSSR count). The van der Waals surface area contributed by atoms with Crippen LogP contribution in [0.5, 0.6) is 0 Å². The van der Waals surface area contributed by atoms with Crippen LogP contribution in [0, 0.1) is 0 Å². The van der Waals surface area contributed by atoms with Gasteiger partial charge in [0, 0.05) is 12.3 Å². The summed E-state index contributed by atoms with van der Waals surface area (Å²) in [4.78, 5) is 13.7. The summed E-state index contributed by atoms with van der Waals surface area (Å²) in [6.07, 6.45) is 1.45. The largest absolute Gasteiger partial charge is 0.477 e. The van der Waals surface area contributed by atoms with E-state index < -0.39 is 5.97 Å². The van der Waals surface area contributed by atoms with Crippen LogP contribution in [0.2, 0.25) is 0 Å². The molecule has 1 aromatic heterocycles. The topological polar surface area (TPSA) is 80.7 Å². The van der Waals surface area contributed by atoms with Gasteiger partial charge in [-0.05, 0) is 12.1 Å². The number of hydrogen-bond acceptors (Lipinski definition) is 2. The van der Waals surface area contributed by atoms with Gasteiger partial charge in [0.25, 0.3) is 0 Å². The third kappa shape index (κ3) is 1.83. The normalized spacial score (nSPS) is 8.00. The molecule has 4 heteroatoms. The van der Waals surface area contributed by atoms with E-state index in [-0.39, 0.29) is 11.8 Å². The number of aromatic carboxylic acids is 1. The summed E-state index contributed by atoms with van der Waals surface area (Å²) in [7, 11) is 0. The van der Waals surface area contributed by atoms with Gasteiger partial charge < -0.3 is 5.11 Å². The molecule has 0 atom stereocenters. The Hall–Kier alpha value is -1.42. The van der Waals surface area contributed by atoms with Crippen LogP contribution >= 0.6 is 0 Å². The number of rotatable bonds is 1. The van der Waals surface area contributed by atoms with E-state index in [0.29, 0.717) is 0 Å². The van der Waals surface area contributed by atoms with E-state index in [1.807, 2.05) is 0 Å². The second-order valence-corrected chi connectivity index (χ2v) is 1.52. The first-order valence-electron chi connectivity index (χ1n) is 2.45. The van der Waals surface area contributed by atoms with Crippen molar-refractivity contribution >= 4 is 5.97 Å². The van der Waals surface area contributed by atoms with Gasteiger partial charge in [-0.25, -0.2) is 9.78 Å². The fraction of sp³-hybridized carbons (Fsp3) is 0. The van der Waals surface area contributed by atoms with Gasteiger partial charge in [-0.2, -0.15) is 0 Å². The molecule has 0 fully saturated rings. The first-order valence-corrected chi connectivity index (χ1v) is 2.45. The van der Waals surface area contributed by atoms with Gasteiger partial charge in [0.2, 0.25) is 0 Å². The molecule has 0 saturated carbocycles. The van der Waals surface area contributed by atoms with Gasteiger partial charge in [0.1, 0.15) is 5.69 Å². The Balaban J connectivity index is 0.000000810. The maximum absolute atomic E-state index is 10.1. The first kappa shape index (κ1) is 8.58. The van der Waals surface area contributed by atoms with Gasteiger partial charge in [0.05, 0.1) is 0 Å². The molecule has 0 aromatic carbocycles. The van der Waals surface area contributed by atoms with E-state index in [0.717, 1.165) is 0 Å². The number of pyridine rings is 1. The molecule has 0 saturated heterocycles. The molecule has 0 spiro atoms. The predicted octanol–water partition coefficient (Wildman–Crippen LogP) is 0.299. The molecular formula is C6H5N2O2. The third-order valence-corrected chi connectivity index (χ3v) is 0.884. The van der Waals surface area contributed by atoms with Crippen molar-refractivity contribution in [2.24, 2.45) is 0 Å². The second-order valence-electron chi connectivity index (χ2n) is 1.52. The first-order chi connectivity index (χ1) is 4.30. The molecule has 0 aliphatic heterocycles. The number of carbonyl (C=O) groups is 1. The lowest BCUT2D eigenvalue weighted by Gasteiger charge is -1.87. The molecule has 0 aliphatic carbocycles. The summed E-state index contributed by atoms with van der Waals surface area (Å²) in [6.45, 7) is 0. The lowest BCUT2D eigenvalue weighted by atomic mass is 10.4. The van der Waals surface area contributed by atoms with Crippen molar-refractivity contribution in [2.75, 3.05) is 0 Å². The molecule has 1 heterocycles. The number of carboxylic acid groups (broad SMARTS) is 1. The predicted molar refractivity (Wildman–Crippen MR) is 33.3 cm³/mol. The molecule has 0 aliphatic rings. The van der Waals surface area contributed by atoms with Gasteiger partial charge in [-0.15, -0.1) is 0 Å². The maximum atomic E-state index is 10.1. The third-order valence-electron chi connectivity index (χ3n) is 0.884. The molecule has 4 nitrogen and oxygen atoms in total. The molecule has 0 amide bonds. The molecule has 0 bridgehead atoms. The quantitative estimate of drug-likeness (QED) is 0.604. The van der Waals surface area contributed by atoms with Gasteiger partial charge in [0.15, 0.2) is 0 Å². The van der Waals surface area contributed by atoms with E-state index in [4.69, 9.17) is 5.11 Å². The molecule has 0 unspecified atom stereocenters. The molecule has 10 heavy (non-hydrogen) atoms. The van der Waals surface area contributed by atoms with Crippen molar-refractivity contribution < 1.29 is 9.90 Å². The fourth-order valence-corrected chi connectivity index (χ4v) is 0.489. The summed E-state index contributed by atoms with van der Waals surface area (Å²) in [5.41, 5.74) is 0.0810. The monoisotopic (exact) mass is 137 g/mol. The molecule has 51 valence electrons. The summed E-state index contributed by atoms with van der Waals surface area (Å²) in [6, 6.07) is 4.76. The smallest absolute Gasteiger partial charge is 0.354 e. The van der Waals surface area contributed by atoms with E-state index in [9.17, 15) is 4.79 Å². The summed E-state index contributed by atoms with van der Waals surface area (Å²) >= 11 is 0. The Morgan fingerprint density at radius 1 is 1.50 bits per heavy atom. The van der Waals surface area contributed by atoms with Crippen LogP contribution < -0.4 is 6.15 Å². The Kier molecular flexibility index (Phi) is 3.07. The molecular weight excluding hydrogens is 132 g/mol. The lowest BCUT2D eigenvalue weighted by molar-refractivity contribution is 0.0690. The fourth-order valence-electron chi connectivity index (χ4n) is 0.489. The Morgan fingerprint density at radius 3 is 2.50 bits per heavy atom. The molecule has 1 N–H and O–H groups in total. The highest BCUT2D eigenvalue weighted by Gasteiger charge is 1.98. The van der Waals surface area contributed by atoms with Crippen molar-refractivity contribution in [1.29, 1.82) is 0 Å². The Morgan fingerprint density at radius 2 is 2.20 bits per heavy atom. The van der Waals surface area contributed by atoms with Crippen LogP contribution in [0.4, 0.5) is 0 Å². The van der Waals surface area contributed by atoms with Gasteiger partial charge in [-0.1, -0.05) is 6.07 Å². The summed E-state index contributed by atoms with van der Waals surface area (Å²) in [5.74, 6) is -0.990. The molecule has 3 radical (unpaired) electrons. The van der Waals surface area contributed by atoms with E-state index in [2.05, 4.69) is 4.98 Å². The van der Waals surface area contributed by atoms with Crippen LogP contribution in [0.15, 0.2) is 24.4 Å². The lowest BCUT2D eigenvalue weighted by Crippen LogP contribution is -1.97. The SMILES string of the molecule is O=C(O)c1ccccn1.[N]. The zero-order valence-corrected chi connectivity index (χ0v) is 5.06. The minimum Gasteiger partial charge on any atom is -0.477 e. The Labute approximate surface area is 58.1 Å². The summed E-state index contributed by atoms with van der Waals surface area (Å²) < 4.78 is 0. The number of nitrogens with zero attached hydrogens (tertiary/aromatic N) is 2. The van der Waals surface area contributed by atoms with Crippen molar-refractivity contribution in [3.8, 4) is 0 Å². The number of hydrogen-bond donors (Lipinski definition) is 1. The van der Waals surface area contributed by atoms with Crippen LogP contribution in [0.1, 0.15) is 10.5 Å². The summed E-state index contributed by atoms with van der Waals surface area (Å²) in [5, 5.41) is 8.32. The van der Waals surface area contributed by atoms with Crippen molar-refractivity contribution in [1.82, 2.24) is 11.1 Å². The van der Waals surface area contributed by atoms with Crippen molar-refractivity contribution in [3.05, 3.63) is 30.1 Å². The average Bonchev–Trinajstić information content (AvgIpc) is 1.90. The standard InChI is InChI=1S/C6H5NO2.N/c8-6(9)5-3-1-2-4-7-5;/h1-4H,(H,8,9);. The number of carboxylic acids is 1. The van der Waals surface area contributed by atoms with E-state index in [1.165, 1.54) is 12.3 Å². The van der Waals surface area contributed by atoms with Crippen LogP contribution in [-0.2, 0) is 0 Å². The minimum atomic E-state index is -0.990. The Bertz CT molecular complexity index is 210. The number of aromatic nitrogens is 1. The molecule has 1 aromatic rings.